The minimum atomic E-state index is -0.523. The monoisotopic (exact) mass is 473 g/mol. The molecular weight excluding hydrogens is 457 g/mol. The summed E-state index contributed by atoms with van der Waals surface area (Å²) in [6.07, 6.45) is 1.77. The maximum Gasteiger partial charge on any atom is 0.368 e. The van der Waals surface area contributed by atoms with E-state index in [4.69, 9.17) is 32.8 Å². The van der Waals surface area contributed by atoms with Crippen molar-refractivity contribution in [2.24, 2.45) is 5.16 Å². The van der Waals surface area contributed by atoms with Gasteiger partial charge < -0.3 is 9.57 Å². The van der Waals surface area contributed by atoms with Crippen LogP contribution in [0.1, 0.15) is 16.7 Å². The highest BCUT2D eigenvalue weighted by molar-refractivity contribution is 6.33. The van der Waals surface area contributed by atoms with E-state index in [1.54, 1.807) is 30.3 Å². The van der Waals surface area contributed by atoms with Crippen molar-refractivity contribution in [2.75, 3.05) is 0 Å². The number of rotatable bonds is 5. The molecule has 0 unspecified atom stereocenters. The molecule has 4 aromatic carbocycles. The van der Waals surface area contributed by atoms with E-state index in [9.17, 15) is 4.79 Å². The zero-order valence-electron chi connectivity index (χ0n) is 17.3. The molecule has 0 radical (unpaired) electrons. The average Bonchev–Trinajstić information content (AvgIpc) is 3.20. The molecule has 162 valence electrons. The summed E-state index contributed by atoms with van der Waals surface area (Å²) < 4.78 is 6.18. The summed E-state index contributed by atoms with van der Waals surface area (Å²) in [4.78, 5) is 17.6. The largest absolute Gasteiger partial charge is 0.488 e. The predicted octanol–water partition coefficient (Wildman–Crippen LogP) is 7.07. The molecule has 0 aliphatic carbocycles. The lowest BCUT2D eigenvalue weighted by atomic mass is 9.97. The molecule has 0 amide bonds. The van der Waals surface area contributed by atoms with Crippen LogP contribution in [-0.2, 0) is 16.2 Å². The Morgan fingerprint density at radius 1 is 0.879 bits per heavy atom. The molecule has 0 N–H and O–H groups in total. The second-order valence-corrected chi connectivity index (χ2v) is 8.31. The summed E-state index contributed by atoms with van der Waals surface area (Å²) in [6, 6.07) is 26.4. The average molecular weight is 474 g/mol. The Labute approximate surface area is 200 Å². The summed E-state index contributed by atoms with van der Waals surface area (Å²) in [5.41, 5.74) is 3.15. The van der Waals surface area contributed by atoms with E-state index in [1.165, 1.54) is 0 Å². The lowest BCUT2D eigenvalue weighted by molar-refractivity contribution is -0.136. The number of fused-ring (bicyclic) bond motifs is 1. The molecule has 1 aliphatic rings. The number of carbonyl (C=O) groups excluding carboxylic acids is 1. The van der Waals surface area contributed by atoms with Crippen LogP contribution in [0.5, 0.6) is 5.75 Å². The van der Waals surface area contributed by atoms with Crippen LogP contribution >= 0.6 is 23.2 Å². The highest BCUT2D eigenvalue weighted by Gasteiger charge is 2.27. The smallest absolute Gasteiger partial charge is 0.368 e. The van der Waals surface area contributed by atoms with E-state index in [0.29, 0.717) is 27.1 Å². The third-order valence-corrected chi connectivity index (χ3v) is 5.99. The summed E-state index contributed by atoms with van der Waals surface area (Å²) in [6.45, 7) is 0.288. The van der Waals surface area contributed by atoms with Crippen molar-refractivity contribution >= 4 is 51.7 Å². The zero-order chi connectivity index (χ0) is 22.8. The van der Waals surface area contributed by atoms with Gasteiger partial charge in [-0.05, 0) is 41.1 Å². The van der Waals surface area contributed by atoms with Crippen molar-refractivity contribution in [3.8, 4) is 5.75 Å². The molecule has 1 heterocycles. The third-order valence-electron chi connectivity index (χ3n) is 5.37. The second kappa shape index (κ2) is 9.10. The number of nitrogens with zero attached hydrogens (tertiary/aromatic N) is 1. The Bertz CT molecular complexity index is 1430. The van der Waals surface area contributed by atoms with Gasteiger partial charge >= 0.3 is 5.97 Å². The molecule has 4 nitrogen and oxygen atoms in total. The molecule has 0 aromatic heterocycles. The minimum Gasteiger partial charge on any atom is -0.488 e. The molecular formula is C27H17Cl2NO3. The van der Waals surface area contributed by atoms with Gasteiger partial charge in [0.1, 0.15) is 18.1 Å². The number of ether oxygens (including phenoxy) is 1. The highest BCUT2D eigenvalue weighted by Crippen LogP contribution is 2.33. The van der Waals surface area contributed by atoms with Crippen LogP contribution in [0.3, 0.4) is 0 Å². The number of benzene rings is 4. The van der Waals surface area contributed by atoms with Gasteiger partial charge in [-0.25, -0.2) is 4.79 Å². The SMILES string of the molecule is O=C1ON=C(c2ccc(Cl)cc2)C1=Cc1c(OCc2ccccc2Cl)ccc2ccccc12. The summed E-state index contributed by atoms with van der Waals surface area (Å²) in [7, 11) is 0. The zero-order valence-corrected chi connectivity index (χ0v) is 18.8. The second-order valence-electron chi connectivity index (χ2n) is 7.46. The summed E-state index contributed by atoms with van der Waals surface area (Å²) in [5, 5.41) is 7.20. The molecule has 0 atom stereocenters. The number of hydrogen-bond donors (Lipinski definition) is 0. The first-order valence-corrected chi connectivity index (χ1v) is 11.0. The van der Waals surface area contributed by atoms with Crippen molar-refractivity contribution in [3.05, 3.63) is 117 Å². The van der Waals surface area contributed by atoms with Gasteiger partial charge in [0, 0.05) is 26.7 Å². The standard InChI is InChI=1S/C27H17Cl2NO3/c28-20-12-9-18(10-13-20)26-23(27(31)33-30-26)15-22-21-7-3-1-5-17(21)11-14-25(22)32-16-19-6-2-4-8-24(19)29/h1-15H,16H2. The fourth-order valence-corrected chi connectivity index (χ4v) is 4.01. The Morgan fingerprint density at radius 2 is 1.64 bits per heavy atom. The molecule has 4 aromatic rings. The molecule has 0 saturated heterocycles. The van der Waals surface area contributed by atoms with Gasteiger partial charge in [0.2, 0.25) is 0 Å². The first-order chi connectivity index (χ1) is 16.1. The van der Waals surface area contributed by atoms with Crippen molar-refractivity contribution in [2.45, 2.75) is 6.61 Å². The number of halogens is 2. The normalized spacial score (nSPS) is 14.4. The topological polar surface area (TPSA) is 47.9 Å². The van der Waals surface area contributed by atoms with E-state index in [-0.39, 0.29) is 6.61 Å². The first kappa shape index (κ1) is 21.3. The van der Waals surface area contributed by atoms with Crippen molar-refractivity contribution < 1.29 is 14.4 Å². The van der Waals surface area contributed by atoms with Crippen LogP contribution in [0.25, 0.3) is 16.8 Å². The van der Waals surface area contributed by atoms with Crippen molar-refractivity contribution in [1.82, 2.24) is 0 Å². The van der Waals surface area contributed by atoms with Crippen molar-refractivity contribution in [3.63, 3.8) is 0 Å². The predicted molar refractivity (Wildman–Crippen MR) is 132 cm³/mol. The molecule has 6 heteroatoms. The number of carbonyl (C=O) groups is 1. The lowest BCUT2D eigenvalue weighted by Gasteiger charge is -2.13. The van der Waals surface area contributed by atoms with Crippen LogP contribution in [-0.4, -0.2) is 11.7 Å². The lowest BCUT2D eigenvalue weighted by Crippen LogP contribution is -2.07. The molecule has 1 aliphatic heterocycles. The fourth-order valence-electron chi connectivity index (χ4n) is 3.69. The molecule has 0 bridgehead atoms. The number of hydrogen-bond acceptors (Lipinski definition) is 4. The van der Waals surface area contributed by atoms with Crippen LogP contribution in [0.2, 0.25) is 10.0 Å². The molecule has 0 saturated carbocycles. The van der Waals surface area contributed by atoms with Crippen LogP contribution in [0.15, 0.2) is 95.7 Å². The fraction of sp³-hybridized carbons (Fsp3) is 0.0370. The van der Waals surface area contributed by atoms with E-state index in [2.05, 4.69) is 5.16 Å². The minimum absolute atomic E-state index is 0.288. The third kappa shape index (κ3) is 4.36. The van der Waals surface area contributed by atoms with E-state index >= 15 is 0 Å². The Morgan fingerprint density at radius 3 is 2.45 bits per heavy atom. The Kier molecular flexibility index (Phi) is 5.86. The first-order valence-electron chi connectivity index (χ1n) is 10.3. The quantitative estimate of drug-likeness (QED) is 0.230. The van der Waals surface area contributed by atoms with E-state index in [1.807, 2.05) is 60.7 Å². The molecule has 0 fully saturated rings. The van der Waals surface area contributed by atoms with Gasteiger partial charge in [-0.3, -0.25) is 0 Å². The maximum atomic E-state index is 12.6. The van der Waals surface area contributed by atoms with Gasteiger partial charge in [-0.15, -0.1) is 0 Å². The highest BCUT2D eigenvalue weighted by atomic mass is 35.5. The molecule has 5 rings (SSSR count). The van der Waals surface area contributed by atoms with Gasteiger partial charge in [0.25, 0.3) is 0 Å². The van der Waals surface area contributed by atoms with Gasteiger partial charge in [-0.1, -0.05) is 89.0 Å². The maximum absolute atomic E-state index is 12.6. The van der Waals surface area contributed by atoms with Gasteiger partial charge in [0.15, 0.2) is 0 Å². The van der Waals surface area contributed by atoms with Gasteiger partial charge in [-0.2, -0.15) is 0 Å². The molecule has 33 heavy (non-hydrogen) atoms. The Balaban J connectivity index is 1.59. The van der Waals surface area contributed by atoms with E-state index in [0.717, 1.165) is 27.5 Å². The van der Waals surface area contributed by atoms with Crippen LogP contribution < -0.4 is 4.74 Å². The molecule has 0 spiro atoms. The van der Waals surface area contributed by atoms with Crippen LogP contribution in [0.4, 0.5) is 0 Å². The summed E-state index contributed by atoms with van der Waals surface area (Å²) >= 11 is 12.3. The number of oxime groups is 1. The Hall–Kier alpha value is -3.60. The van der Waals surface area contributed by atoms with Crippen molar-refractivity contribution in [1.29, 1.82) is 0 Å². The van der Waals surface area contributed by atoms with Crippen LogP contribution in [0, 0.1) is 0 Å². The summed E-state index contributed by atoms with van der Waals surface area (Å²) in [5.74, 6) is 0.0983. The van der Waals surface area contributed by atoms with E-state index < -0.39 is 5.97 Å². The van der Waals surface area contributed by atoms with Gasteiger partial charge in [0.05, 0.1) is 5.57 Å².